The SMILES string of the molecule is C=CCCNC(=O)OCCCCC. The van der Waals surface area contributed by atoms with E-state index in [-0.39, 0.29) is 6.09 Å². The van der Waals surface area contributed by atoms with Crippen molar-refractivity contribution in [3.05, 3.63) is 12.7 Å². The summed E-state index contributed by atoms with van der Waals surface area (Å²) >= 11 is 0. The van der Waals surface area contributed by atoms with Crippen molar-refractivity contribution in [3.8, 4) is 0 Å². The zero-order chi connectivity index (χ0) is 9.94. The molecule has 13 heavy (non-hydrogen) atoms. The third-order valence-corrected chi connectivity index (χ3v) is 1.60. The molecule has 0 rings (SSSR count). The Morgan fingerprint density at radius 1 is 1.54 bits per heavy atom. The first-order chi connectivity index (χ1) is 6.31. The summed E-state index contributed by atoms with van der Waals surface area (Å²) in [5.74, 6) is 0. The normalized spacial score (nSPS) is 9.31. The summed E-state index contributed by atoms with van der Waals surface area (Å²) in [7, 11) is 0. The van der Waals surface area contributed by atoms with E-state index in [0.717, 1.165) is 25.7 Å². The molecule has 0 radical (unpaired) electrons. The van der Waals surface area contributed by atoms with Gasteiger partial charge in [-0.3, -0.25) is 0 Å². The summed E-state index contributed by atoms with van der Waals surface area (Å²) in [6.07, 6.45) is 5.42. The molecule has 0 aromatic heterocycles. The molecule has 0 aromatic carbocycles. The molecule has 0 heterocycles. The minimum absolute atomic E-state index is 0.321. The number of nitrogens with one attached hydrogen (secondary N) is 1. The standard InChI is InChI=1S/C10H19NO2/c1-3-5-7-9-13-10(12)11-8-6-4-2/h4H,2-3,5-9H2,1H3,(H,11,12). The molecular formula is C10H19NO2. The Labute approximate surface area is 80.2 Å². The molecule has 0 atom stereocenters. The zero-order valence-corrected chi connectivity index (χ0v) is 8.34. The molecule has 76 valence electrons. The van der Waals surface area contributed by atoms with E-state index in [1.165, 1.54) is 0 Å². The van der Waals surface area contributed by atoms with Gasteiger partial charge in [-0.05, 0) is 12.8 Å². The molecule has 0 aliphatic carbocycles. The van der Waals surface area contributed by atoms with E-state index in [9.17, 15) is 4.79 Å². The van der Waals surface area contributed by atoms with E-state index in [2.05, 4.69) is 18.8 Å². The number of amides is 1. The highest BCUT2D eigenvalue weighted by Crippen LogP contribution is 1.94. The molecule has 0 fully saturated rings. The number of hydrogen-bond acceptors (Lipinski definition) is 2. The van der Waals surface area contributed by atoms with Crippen molar-refractivity contribution in [1.82, 2.24) is 5.32 Å². The lowest BCUT2D eigenvalue weighted by Gasteiger charge is -2.04. The van der Waals surface area contributed by atoms with E-state index < -0.39 is 0 Å². The minimum atomic E-state index is -0.321. The summed E-state index contributed by atoms with van der Waals surface area (Å²) < 4.78 is 4.91. The van der Waals surface area contributed by atoms with Crippen molar-refractivity contribution < 1.29 is 9.53 Å². The van der Waals surface area contributed by atoms with Gasteiger partial charge in [-0.25, -0.2) is 4.79 Å². The number of alkyl carbamates (subject to hydrolysis) is 1. The molecule has 0 aliphatic rings. The molecule has 0 bridgehead atoms. The fourth-order valence-corrected chi connectivity index (χ4v) is 0.844. The van der Waals surface area contributed by atoms with Crippen LogP contribution < -0.4 is 5.32 Å². The van der Waals surface area contributed by atoms with Gasteiger partial charge in [-0.15, -0.1) is 6.58 Å². The number of hydrogen-bond donors (Lipinski definition) is 1. The Bertz CT molecular complexity index is 146. The van der Waals surface area contributed by atoms with Crippen molar-refractivity contribution in [2.24, 2.45) is 0 Å². The van der Waals surface area contributed by atoms with Crippen molar-refractivity contribution in [2.45, 2.75) is 32.6 Å². The van der Waals surface area contributed by atoms with Gasteiger partial charge in [-0.1, -0.05) is 25.8 Å². The lowest BCUT2D eigenvalue weighted by atomic mass is 10.3. The van der Waals surface area contributed by atoms with Gasteiger partial charge in [0.05, 0.1) is 6.61 Å². The first-order valence-corrected chi connectivity index (χ1v) is 4.82. The molecule has 0 aromatic rings. The van der Waals surface area contributed by atoms with Crippen molar-refractivity contribution >= 4 is 6.09 Å². The molecule has 0 spiro atoms. The Morgan fingerprint density at radius 3 is 2.92 bits per heavy atom. The predicted molar refractivity (Wildman–Crippen MR) is 53.7 cm³/mol. The average molecular weight is 185 g/mol. The largest absolute Gasteiger partial charge is 0.450 e. The number of carbonyl (C=O) groups excluding carboxylic acids is 1. The van der Waals surface area contributed by atoms with Crippen LogP contribution in [0.25, 0.3) is 0 Å². The van der Waals surface area contributed by atoms with Gasteiger partial charge in [0, 0.05) is 6.54 Å². The van der Waals surface area contributed by atoms with Gasteiger partial charge in [0.1, 0.15) is 0 Å². The van der Waals surface area contributed by atoms with Crippen LogP contribution in [0.15, 0.2) is 12.7 Å². The van der Waals surface area contributed by atoms with Gasteiger partial charge >= 0.3 is 6.09 Å². The second-order valence-electron chi connectivity index (χ2n) is 2.85. The van der Waals surface area contributed by atoms with Crippen LogP contribution in [0.3, 0.4) is 0 Å². The maximum atomic E-state index is 10.9. The Hall–Kier alpha value is -0.990. The summed E-state index contributed by atoms with van der Waals surface area (Å²) in [5.41, 5.74) is 0. The maximum Gasteiger partial charge on any atom is 0.407 e. The summed E-state index contributed by atoms with van der Waals surface area (Å²) in [5, 5.41) is 2.63. The summed E-state index contributed by atoms with van der Waals surface area (Å²) in [6.45, 7) is 6.80. The fraction of sp³-hybridized carbons (Fsp3) is 0.700. The van der Waals surface area contributed by atoms with Crippen LogP contribution in [0, 0.1) is 0 Å². The van der Waals surface area contributed by atoms with Crippen LogP contribution in [0.2, 0.25) is 0 Å². The highest BCUT2D eigenvalue weighted by Gasteiger charge is 1.98. The molecule has 1 amide bonds. The molecular weight excluding hydrogens is 166 g/mol. The van der Waals surface area contributed by atoms with Gasteiger partial charge in [0.15, 0.2) is 0 Å². The lowest BCUT2D eigenvalue weighted by molar-refractivity contribution is 0.144. The second kappa shape index (κ2) is 9.10. The number of carbonyl (C=O) groups is 1. The quantitative estimate of drug-likeness (QED) is 0.489. The van der Waals surface area contributed by atoms with E-state index >= 15 is 0 Å². The zero-order valence-electron chi connectivity index (χ0n) is 8.34. The minimum Gasteiger partial charge on any atom is -0.450 e. The van der Waals surface area contributed by atoms with Gasteiger partial charge in [0.2, 0.25) is 0 Å². The Balaban J connectivity index is 3.15. The van der Waals surface area contributed by atoms with Crippen molar-refractivity contribution in [1.29, 1.82) is 0 Å². The summed E-state index contributed by atoms with van der Waals surface area (Å²) in [4.78, 5) is 10.9. The third kappa shape index (κ3) is 8.92. The maximum absolute atomic E-state index is 10.9. The molecule has 0 aliphatic heterocycles. The Morgan fingerprint density at radius 2 is 2.31 bits per heavy atom. The van der Waals surface area contributed by atoms with Crippen LogP contribution in [0.4, 0.5) is 4.79 Å². The third-order valence-electron chi connectivity index (χ3n) is 1.60. The van der Waals surface area contributed by atoms with Crippen molar-refractivity contribution in [3.63, 3.8) is 0 Å². The monoisotopic (exact) mass is 185 g/mol. The molecule has 0 unspecified atom stereocenters. The topological polar surface area (TPSA) is 38.3 Å². The van der Waals surface area contributed by atoms with E-state index in [0.29, 0.717) is 13.2 Å². The number of ether oxygens (including phenoxy) is 1. The molecule has 3 heteroatoms. The number of rotatable bonds is 7. The molecule has 1 N–H and O–H groups in total. The van der Waals surface area contributed by atoms with Gasteiger partial charge < -0.3 is 10.1 Å². The predicted octanol–water partition coefficient (Wildman–Crippen LogP) is 2.48. The van der Waals surface area contributed by atoms with Gasteiger partial charge in [0.25, 0.3) is 0 Å². The smallest absolute Gasteiger partial charge is 0.407 e. The highest BCUT2D eigenvalue weighted by atomic mass is 16.5. The first-order valence-electron chi connectivity index (χ1n) is 4.82. The van der Waals surface area contributed by atoms with E-state index in [4.69, 9.17) is 4.74 Å². The molecule has 0 saturated carbocycles. The van der Waals surface area contributed by atoms with Crippen LogP contribution in [-0.2, 0) is 4.74 Å². The lowest BCUT2D eigenvalue weighted by Crippen LogP contribution is -2.25. The first kappa shape index (κ1) is 12.0. The van der Waals surface area contributed by atoms with Gasteiger partial charge in [-0.2, -0.15) is 0 Å². The second-order valence-corrected chi connectivity index (χ2v) is 2.85. The highest BCUT2D eigenvalue weighted by molar-refractivity contribution is 5.66. The fourth-order valence-electron chi connectivity index (χ4n) is 0.844. The van der Waals surface area contributed by atoms with Crippen LogP contribution in [-0.4, -0.2) is 19.2 Å². The average Bonchev–Trinajstić information content (AvgIpc) is 2.13. The molecule has 0 saturated heterocycles. The van der Waals surface area contributed by atoms with E-state index in [1.54, 1.807) is 6.08 Å². The van der Waals surface area contributed by atoms with Crippen LogP contribution in [0.1, 0.15) is 32.6 Å². The summed E-state index contributed by atoms with van der Waals surface area (Å²) in [6, 6.07) is 0. The molecule has 3 nitrogen and oxygen atoms in total. The number of unbranched alkanes of at least 4 members (excludes halogenated alkanes) is 2. The Kier molecular flexibility index (Phi) is 8.41. The van der Waals surface area contributed by atoms with E-state index in [1.807, 2.05) is 0 Å². The van der Waals surface area contributed by atoms with Crippen LogP contribution in [0.5, 0.6) is 0 Å². The van der Waals surface area contributed by atoms with Crippen molar-refractivity contribution in [2.75, 3.05) is 13.2 Å². The van der Waals surface area contributed by atoms with Crippen LogP contribution >= 0.6 is 0 Å².